The maximum atomic E-state index is 10.3. The molecule has 0 saturated heterocycles. The molecule has 4 N–H and O–H groups in total. The van der Waals surface area contributed by atoms with Crippen molar-refractivity contribution in [1.29, 1.82) is 0 Å². The molecule has 0 amide bonds. The van der Waals surface area contributed by atoms with Crippen LogP contribution in [0.3, 0.4) is 0 Å². The van der Waals surface area contributed by atoms with Crippen LogP contribution in [0.2, 0.25) is 0 Å². The van der Waals surface area contributed by atoms with Crippen LogP contribution in [-0.2, 0) is 31.5 Å². The molecule has 0 aromatic carbocycles. The van der Waals surface area contributed by atoms with Gasteiger partial charge >= 0.3 is 36.8 Å². The third-order valence-corrected chi connectivity index (χ3v) is 1.29. The molecule has 0 spiro atoms. The fourth-order valence-electron chi connectivity index (χ4n) is 0.714. The van der Waals surface area contributed by atoms with Crippen LogP contribution in [0, 0.1) is 0 Å². The van der Waals surface area contributed by atoms with E-state index in [-0.39, 0.29) is 35.9 Å². The first-order chi connectivity index (χ1) is 5.78. The summed E-state index contributed by atoms with van der Waals surface area (Å²) < 4.78 is 0. The van der Waals surface area contributed by atoms with Gasteiger partial charge in [0.05, 0.1) is 12.8 Å². The second kappa shape index (κ2) is 7.74. The van der Waals surface area contributed by atoms with Crippen molar-refractivity contribution in [2.75, 3.05) is 0 Å². The van der Waals surface area contributed by atoms with Crippen molar-refractivity contribution in [2.24, 2.45) is 0 Å². The Balaban J connectivity index is -0.000000720. The zero-order chi connectivity index (χ0) is 10.6. The summed E-state index contributed by atoms with van der Waals surface area (Å²) in [5.41, 5.74) is -2.74. The van der Waals surface area contributed by atoms with Crippen LogP contribution in [0.4, 0.5) is 0 Å². The average Bonchev–Trinajstić information content (AvgIpc) is 1.82. The van der Waals surface area contributed by atoms with Gasteiger partial charge in [0, 0.05) is 17.1 Å². The van der Waals surface area contributed by atoms with Crippen LogP contribution in [0.5, 0.6) is 0 Å². The predicted octanol–water partition coefficient (Wildman–Crippen LogP) is -1.90. The number of hydrogen-bond donors (Lipinski definition) is 4. The molecule has 0 bridgehead atoms. The van der Waals surface area contributed by atoms with Crippen molar-refractivity contribution in [2.45, 2.75) is 18.4 Å². The summed E-state index contributed by atoms with van der Waals surface area (Å²) in [5, 5.41) is 33.8. The van der Waals surface area contributed by atoms with Crippen molar-refractivity contribution in [1.82, 2.24) is 0 Å². The molecule has 9 heteroatoms. The predicted molar refractivity (Wildman–Crippen MR) is 44.2 cm³/mol. The third kappa shape index (κ3) is 7.42. The minimum absolute atomic E-state index is 0. The minimum Gasteiger partial charge on any atom is 0 e. The smallest absolute Gasteiger partial charge is 0 e. The van der Waals surface area contributed by atoms with Gasteiger partial charge in [-0.15, -0.1) is 0 Å². The molecule has 0 unspecified atom stereocenters. The Bertz CT molecular complexity index is 238. The molecule has 0 aliphatic rings. The van der Waals surface area contributed by atoms with E-state index in [1.165, 1.54) is 0 Å². The summed E-state index contributed by atoms with van der Waals surface area (Å²) in [6.45, 7) is 0. The largest absolute Gasteiger partial charge is 0 e. The van der Waals surface area contributed by atoms with E-state index in [4.69, 9.17) is 20.4 Å². The fraction of sp³-hybridized carbons (Fsp3) is 0.500. The van der Waals surface area contributed by atoms with Crippen molar-refractivity contribution < 1.29 is 51.9 Å². The monoisotopic (exact) mass is 255 g/mol. The zero-order valence-electron chi connectivity index (χ0n) is 6.81. The second-order valence-corrected chi connectivity index (χ2v) is 2.48. The maximum absolute atomic E-state index is 10.3. The second-order valence-electron chi connectivity index (χ2n) is 2.48. The van der Waals surface area contributed by atoms with Crippen molar-refractivity contribution in [3.8, 4) is 0 Å². The molecule has 15 heavy (non-hydrogen) atoms. The van der Waals surface area contributed by atoms with E-state index in [1.807, 2.05) is 0 Å². The van der Waals surface area contributed by atoms with Gasteiger partial charge in [-0.25, -0.2) is 4.79 Å². The molecule has 83 valence electrons. The number of carboxylic acid groups (broad SMARTS) is 3. The molecule has 0 rings (SSSR count). The molecule has 0 saturated carbocycles. The van der Waals surface area contributed by atoms with Gasteiger partial charge in [0.1, 0.15) is 0 Å². The SMILES string of the molecule is O=C(O)CC(O)(CC(=O)O)C(=O)O.[LiH].[Mn]. The van der Waals surface area contributed by atoms with E-state index in [2.05, 4.69) is 0 Å². The molecule has 0 heterocycles. The van der Waals surface area contributed by atoms with Gasteiger partial charge in [0.2, 0.25) is 0 Å². The van der Waals surface area contributed by atoms with Gasteiger partial charge in [-0.05, 0) is 0 Å². The van der Waals surface area contributed by atoms with Gasteiger partial charge in [-0.3, -0.25) is 9.59 Å². The topological polar surface area (TPSA) is 132 Å². The third-order valence-electron chi connectivity index (χ3n) is 1.29. The summed E-state index contributed by atoms with van der Waals surface area (Å²) in [4.78, 5) is 30.5. The van der Waals surface area contributed by atoms with Gasteiger partial charge in [-0.1, -0.05) is 0 Å². The summed E-state index contributed by atoms with van der Waals surface area (Å²) in [7, 11) is 0. The van der Waals surface area contributed by atoms with Crippen LogP contribution in [0.1, 0.15) is 12.8 Å². The van der Waals surface area contributed by atoms with E-state index in [1.54, 1.807) is 0 Å². The maximum Gasteiger partial charge on any atom is 0 e. The first-order valence-electron chi connectivity index (χ1n) is 3.17. The van der Waals surface area contributed by atoms with Crippen LogP contribution in [0.25, 0.3) is 0 Å². The minimum atomic E-state index is -2.74. The van der Waals surface area contributed by atoms with Gasteiger partial charge in [0.25, 0.3) is 0 Å². The Morgan fingerprint density at radius 3 is 1.33 bits per heavy atom. The van der Waals surface area contributed by atoms with Crippen molar-refractivity contribution in [3.63, 3.8) is 0 Å². The zero-order valence-corrected chi connectivity index (χ0v) is 7.99. The number of carbonyl (C=O) groups is 3. The van der Waals surface area contributed by atoms with Crippen LogP contribution >= 0.6 is 0 Å². The molecule has 1 radical (unpaired) electrons. The van der Waals surface area contributed by atoms with Gasteiger partial charge in [0.15, 0.2) is 5.60 Å². The molecular formula is C6H9LiMnO7. The standard InChI is InChI=1S/C6H8O7.Li.Mn.H/c7-3(8)1-6(13,5(11)12)2-4(9)10;;;/h13H,1-2H2,(H,7,8)(H,9,10)(H,11,12);;;. The van der Waals surface area contributed by atoms with E-state index in [0.29, 0.717) is 0 Å². The molecule has 0 aromatic rings. The Morgan fingerprint density at radius 1 is 0.933 bits per heavy atom. The van der Waals surface area contributed by atoms with Crippen LogP contribution in [-0.4, -0.2) is 62.8 Å². The number of aliphatic hydroxyl groups is 1. The molecule has 0 aliphatic heterocycles. The number of carboxylic acids is 3. The molecule has 0 aromatic heterocycles. The first-order valence-corrected chi connectivity index (χ1v) is 3.17. The molecular weight excluding hydrogens is 246 g/mol. The number of rotatable bonds is 5. The Hall–Kier alpha value is -0.513. The van der Waals surface area contributed by atoms with E-state index in [0.717, 1.165) is 0 Å². The summed E-state index contributed by atoms with van der Waals surface area (Å²) in [6, 6.07) is 0. The quantitative estimate of drug-likeness (QED) is 0.422. The van der Waals surface area contributed by atoms with Gasteiger partial charge in [-0.2, -0.15) is 0 Å². The van der Waals surface area contributed by atoms with E-state index >= 15 is 0 Å². The summed E-state index contributed by atoms with van der Waals surface area (Å²) in [5.74, 6) is -5.02. The first kappa shape index (κ1) is 20.0. The molecule has 0 fully saturated rings. The Morgan fingerprint density at radius 2 is 1.20 bits per heavy atom. The number of hydrogen-bond acceptors (Lipinski definition) is 4. The van der Waals surface area contributed by atoms with Gasteiger partial charge < -0.3 is 20.4 Å². The average molecular weight is 255 g/mol. The van der Waals surface area contributed by atoms with Crippen molar-refractivity contribution >= 4 is 36.8 Å². The summed E-state index contributed by atoms with van der Waals surface area (Å²) >= 11 is 0. The normalized spacial score (nSPS) is 9.40. The van der Waals surface area contributed by atoms with Crippen LogP contribution in [0.15, 0.2) is 0 Å². The Kier molecular flexibility index (Phi) is 10.3. The van der Waals surface area contributed by atoms with E-state index in [9.17, 15) is 14.4 Å². The van der Waals surface area contributed by atoms with Crippen molar-refractivity contribution in [3.05, 3.63) is 0 Å². The number of aliphatic carboxylic acids is 3. The van der Waals surface area contributed by atoms with E-state index < -0.39 is 36.4 Å². The van der Waals surface area contributed by atoms with Crippen LogP contribution < -0.4 is 0 Å². The fourth-order valence-corrected chi connectivity index (χ4v) is 0.714. The Labute approximate surface area is 107 Å². The summed E-state index contributed by atoms with van der Waals surface area (Å²) in [6.07, 6.45) is -2.29. The molecule has 0 aliphatic carbocycles. The molecule has 0 atom stereocenters. The molecule has 7 nitrogen and oxygen atoms in total.